The average Bonchev–Trinajstić information content (AvgIpc) is 2.00. The van der Waals surface area contributed by atoms with Crippen molar-refractivity contribution in [2.24, 2.45) is 17.6 Å². The van der Waals surface area contributed by atoms with Crippen LogP contribution in [0.15, 0.2) is 0 Å². The first-order valence-electron chi connectivity index (χ1n) is 4.96. The van der Waals surface area contributed by atoms with Crippen LogP contribution in [0.3, 0.4) is 0 Å². The van der Waals surface area contributed by atoms with Crippen molar-refractivity contribution < 1.29 is 0 Å². The van der Waals surface area contributed by atoms with Gasteiger partial charge in [-0.3, -0.25) is 0 Å². The molecular weight excluding hydrogens is 134 g/mol. The maximum Gasteiger partial charge on any atom is -0.00463 e. The molecule has 2 atom stereocenters. The Kier molecular flexibility index (Phi) is 6.63. The number of nitrogens with two attached hydrogens (primary N) is 1. The van der Waals surface area contributed by atoms with Crippen molar-refractivity contribution in [1.82, 2.24) is 0 Å². The molecule has 0 aromatic heterocycles. The highest BCUT2D eigenvalue weighted by molar-refractivity contribution is 4.66. The fourth-order valence-electron chi connectivity index (χ4n) is 1.70. The molecule has 0 saturated carbocycles. The second-order valence-electron chi connectivity index (χ2n) is 3.55. The van der Waals surface area contributed by atoms with Crippen LogP contribution < -0.4 is 5.73 Å². The van der Waals surface area contributed by atoms with Crippen LogP contribution in [0.2, 0.25) is 0 Å². The summed E-state index contributed by atoms with van der Waals surface area (Å²) in [7, 11) is 0. The SMILES string of the molecule is CCCC(C)C(CN)CCC. The third-order valence-corrected chi connectivity index (χ3v) is 2.51. The van der Waals surface area contributed by atoms with Gasteiger partial charge in [0.15, 0.2) is 0 Å². The smallest absolute Gasteiger partial charge is 0.00463 e. The summed E-state index contributed by atoms with van der Waals surface area (Å²) in [6.07, 6.45) is 5.21. The molecule has 0 aromatic rings. The molecule has 2 unspecified atom stereocenters. The fraction of sp³-hybridized carbons (Fsp3) is 1.00. The van der Waals surface area contributed by atoms with Crippen LogP contribution in [-0.2, 0) is 0 Å². The van der Waals surface area contributed by atoms with E-state index in [1.807, 2.05) is 0 Å². The topological polar surface area (TPSA) is 26.0 Å². The van der Waals surface area contributed by atoms with E-state index in [0.29, 0.717) is 0 Å². The minimum absolute atomic E-state index is 0.764. The molecule has 0 amide bonds. The number of hydrogen-bond acceptors (Lipinski definition) is 1. The van der Waals surface area contributed by atoms with Crippen molar-refractivity contribution in [3.05, 3.63) is 0 Å². The first kappa shape index (κ1) is 11.0. The van der Waals surface area contributed by atoms with Crippen LogP contribution in [0.1, 0.15) is 46.5 Å². The van der Waals surface area contributed by atoms with Crippen molar-refractivity contribution in [1.29, 1.82) is 0 Å². The predicted octanol–water partition coefficient (Wildman–Crippen LogP) is 2.80. The summed E-state index contributed by atoms with van der Waals surface area (Å²) in [5, 5.41) is 0. The highest BCUT2D eigenvalue weighted by Gasteiger charge is 2.12. The standard InChI is InChI=1S/C10H23N/c1-4-6-9(3)10(8-11)7-5-2/h9-10H,4-8,11H2,1-3H3. The Morgan fingerprint density at radius 2 is 1.64 bits per heavy atom. The van der Waals surface area contributed by atoms with Crippen molar-refractivity contribution in [2.75, 3.05) is 6.54 Å². The molecule has 0 heterocycles. The van der Waals surface area contributed by atoms with E-state index in [4.69, 9.17) is 5.73 Å². The molecule has 0 bridgehead atoms. The minimum atomic E-state index is 0.764. The van der Waals surface area contributed by atoms with Gasteiger partial charge in [0, 0.05) is 0 Å². The van der Waals surface area contributed by atoms with E-state index in [1.54, 1.807) is 0 Å². The minimum Gasteiger partial charge on any atom is -0.330 e. The lowest BCUT2D eigenvalue weighted by atomic mass is 9.87. The van der Waals surface area contributed by atoms with Gasteiger partial charge in [-0.1, -0.05) is 40.0 Å². The highest BCUT2D eigenvalue weighted by Crippen LogP contribution is 2.20. The molecule has 2 N–H and O–H groups in total. The summed E-state index contributed by atoms with van der Waals surface area (Å²) in [5.74, 6) is 1.59. The van der Waals surface area contributed by atoms with E-state index in [9.17, 15) is 0 Å². The Hall–Kier alpha value is -0.0400. The van der Waals surface area contributed by atoms with Crippen LogP contribution in [0.4, 0.5) is 0 Å². The van der Waals surface area contributed by atoms with E-state index in [1.165, 1.54) is 25.7 Å². The van der Waals surface area contributed by atoms with E-state index in [-0.39, 0.29) is 0 Å². The molecule has 11 heavy (non-hydrogen) atoms. The molecule has 0 radical (unpaired) electrons. The second kappa shape index (κ2) is 6.66. The largest absolute Gasteiger partial charge is 0.330 e. The first-order valence-corrected chi connectivity index (χ1v) is 4.96. The van der Waals surface area contributed by atoms with Crippen LogP contribution in [0, 0.1) is 11.8 Å². The number of rotatable bonds is 6. The highest BCUT2D eigenvalue weighted by atomic mass is 14.6. The van der Waals surface area contributed by atoms with E-state index < -0.39 is 0 Å². The molecule has 68 valence electrons. The Labute approximate surface area is 71.4 Å². The molecule has 0 spiro atoms. The molecule has 1 nitrogen and oxygen atoms in total. The Bertz CT molecular complexity index is 80.9. The summed E-state index contributed by atoms with van der Waals surface area (Å²) in [5.41, 5.74) is 5.69. The van der Waals surface area contributed by atoms with Gasteiger partial charge in [0.25, 0.3) is 0 Å². The molecule has 0 fully saturated rings. The van der Waals surface area contributed by atoms with Crippen molar-refractivity contribution in [3.8, 4) is 0 Å². The van der Waals surface area contributed by atoms with Gasteiger partial charge >= 0.3 is 0 Å². The van der Waals surface area contributed by atoms with Gasteiger partial charge in [-0.15, -0.1) is 0 Å². The van der Waals surface area contributed by atoms with Gasteiger partial charge in [-0.2, -0.15) is 0 Å². The molecule has 0 saturated heterocycles. The quantitative estimate of drug-likeness (QED) is 0.630. The maximum absolute atomic E-state index is 5.69. The van der Waals surface area contributed by atoms with Crippen molar-refractivity contribution >= 4 is 0 Å². The lowest BCUT2D eigenvalue weighted by molar-refractivity contribution is 0.321. The zero-order valence-corrected chi connectivity index (χ0v) is 8.27. The third kappa shape index (κ3) is 4.41. The molecule has 0 aliphatic heterocycles. The molecule has 0 aromatic carbocycles. The molecule has 1 heteroatoms. The normalized spacial score (nSPS) is 16.4. The lowest BCUT2D eigenvalue weighted by Crippen LogP contribution is -2.21. The van der Waals surface area contributed by atoms with Gasteiger partial charge in [0.05, 0.1) is 0 Å². The average molecular weight is 157 g/mol. The van der Waals surface area contributed by atoms with Crippen molar-refractivity contribution in [3.63, 3.8) is 0 Å². The van der Waals surface area contributed by atoms with Crippen LogP contribution >= 0.6 is 0 Å². The summed E-state index contributed by atoms with van der Waals surface area (Å²) in [6.45, 7) is 7.68. The lowest BCUT2D eigenvalue weighted by Gasteiger charge is -2.21. The number of hydrogen-bond donors (Lipinski definition) is 1. The Balaban J connectivity index is 3.61. The second-order valence-corrected chi connectivity index (χ2v) is 3.55. The van der Waals surface area contributed by atoms with Gasteiger partial charge in [-0.05, 0) is 24.8 Å². The van der Waals surface area contributed by atoms with E-state index in [2.05, 4.69) is 20.8 Å². The zero-order valence-electron chi connectivity index (χ0n) is 8.27. The molecule has 0 aliphatic rings. The van der Waals surface area contributed by atoms with Gasteiger partial charge < -0.3 is 5.73 Å². The third-order valence-electron chi connectivity index (χ3n) is 2.51. The summed E-state index contributed by atoms with van der Waals surface area (Å²) >= 11 is 0. The maximum atomic E-state index is 5.69. The molecule has 0 aliphatic carbocycles. The summed E-state index contributed by atoms with van der Waals surface area (Å²) < 4.78 is 0. The van der Waals surface area contributed by atoms with E-state index >= 15 is 0 Å². The fourth-order valence-corrected chi connectivity index (χ4v) is 1.70. The van der Waals surface area contributed by atoms with Crippen LogP contribution in [-0.4, -0.2) is 6.54 Å². The van der Waals surface area contributed by atoms with Gasteiger partial charge in [-0.25, -0.2) is 0 Å². The van der Waals surface area contributed by atoms with Crippen LogP contribution in [0.25, 0.3) is 0 Å². The molecule has 0 rings (SSSR count). The zero-order chi connectivity index (χ0) is 8.69. The summed E-state index contributed by atoms with van der Waals surface area (Å²) in [6, 6.07) is 0. The van der Waals surface area contributed by atoms with E-state index in [0.717, 1.165) is 18.4 Å². The first-order chi connectivity index (χ1) is 5.26. The Morgan fingerprint density at radius 3 is 2.00 bits per heavy atom. The monoisotopic (exact) mass is 157 g/mol. The molecular formula is C10H23N. The summed E-state index contributed by atoms with van der Waals surface area (Å²) in [4.78, 5) is 0. The Morgan fingerprint density at radius 1 is 1.09 bits per heavy atom. The predicted molar refractivity (Wildman–Crippen MR) is 51.5 cm³/mol. The van der Waals surface area contributed by atoms with Gasteiger partial charge in [0.1, 0.15) is 0 Å². The van der Waals surface area contributed by atoms with Gasteiger partial charge in [0.2, 0.25) is 0 Å². The van der Waals surface area contributed by atoms with Crippen LogP contribution in [0.5, 0.6) is 0 Å². The van der Waals surface area contributed by atoms with Crippen molar-refractivity contribution in [2.45, 2.75) is 46.5 Å².